The molecule has 0 aromatic carbocycles. The van der Waals surface area contributed by atoms with Crippen LogP contribution in [0.4, 0.5) is 16.7 Å². The number of ether oxygens (including phenoxy) is 1. The summed E-state index contributed by atoms with van der Waals surface area (Å²) in [4.78, 5) is 23.3. The fourth-order valence-corrected chi connectivity index (χ4v) is 1.68. The first kappa shape index (κ1) is 19.7. The molecule has 0 bridgehead atoms. The van der Waals surface area contributed by atoms with Crippen molar-refractivity contribution >= 4 is 29.6 Å². The van der Waals surface area contributed by atoms with Crippen LogP contribution in [0.15, 0.2) is 0 Å². The summed E-state index contributed by atoms with van der Waals surface area (Å²) in [6.07, 6.45) is 1.45. The van der Waals surface area contributed by atoms with Crippen LogP contribution in [0.3, 0.4) is 0 Å². The van der Waals surface area contributed by atoms with Crippen LogP contribution >= 0.6 is 11.6 Å². The van der Waals surface area contributed by atoms with E-state index < -0.39 is 11.6 Å². The van der Waals surface area contributed by atoms with Crippen LogP contribution < -0.4 is 16.0 Å². The van der Waals surface area contributed by atoms with E-state index in [-0.39, 0.29) is 23.8 Å². The highest BCUT2D eigenvalue weighted by Gasteiger charge is 2.18. The van der Waals surface area contributed by atoms with Crippen molar-refractivity contribution in [3.63, 3.8) is 0 Å². The van der Waals surface area contributed by atoms with Crippen LogP contribution in [0.5, 0.6) is 0 Å². The van der Waals surface area contributed by atoms with Crippen LogP contribution in [0.2, 0.25) is 5.28 Å². The van der Waals surface area contributed by atoms with Crippen molar-refractivity contribution in [2.45, 2.75) is 39.2 Å². The second-order valence-corrected chi connectivity index (χ2v) is 5.79. The molecule has 24 heavy (non-hydrogen) atoms. The van der Waals surface area contributed by atoms with Gasteiger partial charge in [-0.05, 0) is 31.9 Å². The average molecular weight is 356 g/mol. The summed E-state index contributed by atoms with van der Waals surface area (Å²) < 4.78 is 4.99. The summed E-state index contributed by atoms with van der Waals surface area (Å²) >= 11 is 5.84. The Kier molecular flexibility index (Phi) is 7.98. The van der Waals surface area contributed by atoms with Crippen molar-refractivity contribution in [3.8, 4) is 6.07 Å². The van der Waals surface area contributed by atoms with E-state index in [9.17, 15) is 4.79 Å². The summed E-state index contributed by atoms with van der Waals surface area (Å²) in [5.41, 5.74) is -0.846. The van der Waals surface area contributed by atoms with E-state index in [1.807, 2.05) is 6.92 Å². The molecule has 0 fully saturated rings. The Morgan fingerprint density at radius 3 is 2.67 bits per heavy atom. The summed E-state index contributed by atoms with van der Waals surface area (Å²) in [5.74, 6) is 0.406. The zero-order chi connectivity index (χ0) is 18.0. The second-order valence-electron chi connectivity index (χ2n) is 5.46. The summed E-state index contributed by atoms with van der Waals surface area (Å²) in [5, 5.41) is 17.4. The molecule has 0 saturated carbocycles. The third-order valence-corrected chi connectivity index (χ3v) is 2.90. The molecule has 9 nitrogen and oxygen atoms in total. The number of carbonyl (C=O) groups is 1. The molecule has 3 N–H and O–H groups in total. The molecule has 0 aliphatic carbocycles. The number of aromatic nitrogens is 3. The standard InChI is InChI=1S/C14H22ClN7O2/c1-4-5-6-18-13(23)24-8-7-17-11-19-10(15)20-12(21-11)22-14(2,3)9-16/h4-8H2,1-3H3,(H,18,23)(H2,17,19,20,21,22). The summed E-state index contributed by atoms with van der Waals surface area (Å²) in [6, 6.07) is 2.07. The van der Waals surface area contributed by atoms with Crippen LogP contribution in [0.25, 0.3) is 0 Å². The molecule has 0 aliphatic rings. The fourth-order valence-electron chi connectivity index (χ4n) is 1.52. The largest absolute Gasteiger partial charge is 0.448 e. The van der Waals surface area contributed by atoms with Gasteiger partial charge < -0.3 is 20.7 Å². The van der Waals surface area contributed by atoms with Gasteiger partial charge in [0, 0.05) is 6.54 Å². The molecular weight excluding hydrogens is 334 g/mol. The second kappa shape index (κ2) is 9.72. The van der Waals surface area contributed by atoms with Gasteiger partial charge in [0.25, 0.3) is 0 Å². The minimum Gasteiger partial charge on any atom is -0.448 e. The third-order valence-electron chi connectivity index (χ3n) is 2.73. The Labute approximate surface area is 146 Å². The number of nitrogens with zero attached hydrogens (tertiary/aromatic N) is 4. The number of unbranched alkanes of at least 4 members (excludes halogenated alkanes) is 1. The number of rotatable bonds is 9. The van der Waals surface area contributed by atoms with Gasteiger partial charge in [-0.1, -0.05) is 13.3 Å². The predicted octanol–water partition coefficient (Wildman–Crippen LogP) is 2.18. The van der Waals surface area contributed by atoms with Gasteiger partial charge in [0.15, 0.2) is 0 Å². The highest BCUT2D eigenvalue weighted by atomic mass is 35.5. The van der Waals surface area contributed by atoms with Gasteiger partial charge in [-0.25, -0.2) is 4.79 Å². The Morgan fingerprint density at radius 2 is 2.00 bits per heavy atom. The lowest BCUT2D eigenvalue weighted by molar-refractivity contribution is 0.150. The van der Waals surface area contributed by atoms with Gasteiger partial charge in [0.1, 0.15) is 12.1 Å². The molecule has 0 atom stereocenters. The normalized spacial score (nSPS) is 10.6. The number of hydrogen-bond acceptors (Lipinski definition) is 8. The Balaban J connectivity index is 2.44. The molecule has 132 valence electrons. The number of halogens is 1. The first-order valence-corrected chi connectivity index (χ1v) is 7.99. The van der Waals surface area contributed by atoms with Crippen LogP contribution in [-0.4, -0.2) is 46.3 Å². The van der Waals surface area contributed by atoms with Gasteiger partial charge in [-0.2, -0.15) is 20.2 Å². The van der Waals surface area contributed by atoms with Crippen molar-refractivity contribution in [1.29, 1.82) is 5.26 Å². The quantitative estimate of drug-likeness (QED) is 0.575. The zero-order valence-electron chi connectivity index (χ0n) is 14.0. The van der Waals surface area contributed by atoms with Crippen molar-refractivity contribution in [2.75, 3.05) is 30.3 Å². The number of hydrogen-bond donors (Lipinski definition) is 3. The lowest BCUT2D eigenvalue weighted by atomic mass is 10.1. The molecule has 1 aromatic rings. The van der Waals surface area contributed by atoms with Crippen molar-refractivity contribution in [3.05, 3.63) is 5.28 Å². The summed E-state index contributed by atoms with van der Waals surface area (Å²) in [7, 11) is 0. The van der Waals surface area contributed by atoms with Gasteiger partial charge in [0.2, 0.25) is 17.2 Å². The minimum absolute atomic E-state index is 0.0121. The van der Waals surface area contributed by atoms with Crippen LogP contribution in [0, 0.1) is 11.3 Å². The smallest absolute Gasteiger partial charge is 0.407 e. The molecule has 0 spiro atoms. The van der Waals surface area contributed by atoms with Gasteiger partial charge in [-0.3, -0.25) is 0 Å². The zero-order valence-corrected chi connectivity index (χ0v) is 14.8. The van der Waals surface area contributed by atoms with E-state index in [1.165, 1.54) is 0 Å². The maximum atomic E-state index is 11.4. The monoisotopic (exact) mass is 355 g/mol. The van der Waals surface area contributed by atoms with E-state index in [2.05, 4.69) is 37.0 Å². The molecule has 0 saturated heterocycles. The maximum Gasteiger partial charge on any atom is 0.407 e. The molecule has 1 amide bonds. The number of carbonyl (C=O) groups excluding carboxylic acids is 1. The minimum atomic E-state index is -0.846. The molecule has 0 unspecified atom stereocenters. The van der Waals surface area contributed by atoms with E-state index in [0.717, 1.165) is 12.8 Å². The number of nitriles is 1. The van der Waals surface area contributed by atoms with Gasteiger partial charge in [-0.15, -0.1) is 0 Å². The third kappa shape index (κ3) is 7.78. The predicted molar refractivity (Wildman–Crippen MR) is 90.9 cm³/mol. The maximum absolute atomic E-state index is 11.4. The SMILES string of the molecule is CCCCNC(=O)OCCNc1nc(Cl)nc(NC(C)(C)C#N)n1. The molecule has 0 aliphatic heterocycles. The molecular formula is C14H22ClN7O2. The van der Waals surface area contributed by atoms with Gasteiger partial charge >= 0.3 is 6.09 Å². The average Bonchev–Trinajstić information content (AvgIpc) is 2.51. The van der Waals surface area contributed by atoms with Crippen LogP contribution in [0.1, 0.15) is 33.6 Å². The molecule has 1 heterocycles. The van der Waals surface area contributed by atoms with Crippen molar-refractivity contribution in [2.24, 2.45) is 0 Å². The number of nitrogens with one attached hydrogen (secondary N) is 3. The van der Waals surface area contributed by atoms with Crippen molar-refractivity contribution < 1.29 is 9.53 Å². The lowest BCUT2D eigenvalue weighted by Crippen LogP contribution is -2.30. The number of amides is 1. The molecule has 1 rings (SSSR count). The van der Waals surface area contributed by atoms with Crippen LogP contribution in [-0.2, 0) is 4.74 Å². The molecule has 0 radical (unpaired) electrons. The lowest BCUT2D eigenvalue weighted by Gasteiger charge is -2.17. The van der Waals surface area contributed by atoms with Gasteiger partial charge in [0.05, 0.1) is 12.6 Å². The first-order valence-electron chi connectivity index (χ1n) is 7.62. The van der Waals surface area contributed by atoms with E-state index >= 15 is 0 Å². The van der Waals surface area contributed by atoms with Crippen molar-refractivity contribution in [1.82, 2.24) is 20.3 Å². The highest BCUT2D eigenvalue weighted by Crippen LogP contribution is 2.14. The molecule has 1 aromatic heterocycles. The highest BCUT2D eigenvalue weighted by molar-refractivity contribution is 6.28. The van der Waals surface area contributed by atoms with E-state index in [0.29, 0.717) is 13.1 Å². The van der Waals surface area contributed by atoms with E-state index in [1.54, 1.807) is 13.8 Å². The first-order chi connectivity index (χ1) is 11.4. The number of alkyl carbamates (subject to hydrolysis) is 1. The Bertz CT molecular complexity index is 589. The Hall–Kier alpha value is -2.34. The Morgan fingerprint density at radius 1 is 1.29 bits per heavy atom. The molecule has 10 heteroatoms. The number of anilines is 2. The summed E-state index contributed by atoms with van der Waals surface area (Å²) in [6.45, 7) is 6.45. The van der Waals surface area contributed by atoms with E-state index in [4.69, 9.17) is 21.6 Å². The topological polar surface area (TPSA) is 125 Å². The fraction of sp³-hybridized carbons (Fsp3) is 0.643.